The minimum atomic E-state index is -1.02. The first-order valence-corrected chi connectivity index (χ1v) is 5.06. The molecule has 1 aliphatic heterocycles. The molecule has 0 fully saturated rings. The van der Waals surface area contributed by atoms with Gasteiger partial charge in [-0.15, -0.1) is 0 Å². The molecule has 1 aliphatic rings. The summed E-state index contributed by atoms with van der Waals surface area (Å²) in [6.45, 7) is 1.65. The molecule has 3 heterocycles. The van der Waals surface area contributed by atoms with Crippen LogP contribution in [0, 0.1) is 0 Å². The van der Waals surface area contributed by atoms with Gasteiger partial charge in [0.25, 0.3) is 0 Å². The van der Waals surface area contributed by atoms with E-state index in [-0.39, 0.29) is 5.69 Å². The molecular formula is C10H10N4O2. The summed E-state index contributed by atoms with van der Waals surface area (Å²) in [6, 6.07) is 1.49. The van der Waals surface area contributed by atoms with E-state index in [4.69, 9.17) is 5.11 Å². The van der Waals surface area contributed by atoms with Crippen molar-refractivity contribution in [2.24, 2.45) is 0 Å². The van der Waals surface area contributed by atoms with E-state index in [1.165, 1.54) is 6.07 Å². The van der Waals surface area contributed by atoms with Crippen molar-refractivity contribution in [1.82, 2.24) is 19.9 Å². The van der Waals surface area contributed by atoms with Gasteiger partial charge in [-0.2, -0.15) is 5.10 Å². The maximum atomic E-state index is 10.8. The van der Waals surface area contributed by atoms with E-state index in [2.05, 4.69) is 15.4 Å². The Labute approximate surface area is 90.9 Å². The predicted octanol–water partition coefficient (Wildman–Crippen LogP) is 0.0732. The lowest BCUT2D eigenvalue weighted by molar-refractivity contribution is 0.0690. The highest BCUT2D eigenvalue weighted by atomic mass is 16.4. The SMILES string of the molecule is O=C(O)c1cc2ncc3c(n2n1)CCNC3. The van der Waals surface area contributed by atoms with Gasteiger partial charge >= 0.3 is 5.97 Å². The largest absolute Gasteiger partial charge is 0.476 e. The number of nitrogens with one attached hydrogen (secondary N) is 1. The zero-order valence-corrected chi connectivity index (χ0v) is 8.47. The van der Waals surface area contributed by atoms with Crippen LogP contribution in [0.4, 0.5) is 0 Å². The third kappa shape index (κ3) is 1.27. The van der Waals surface area contributed by atoms with Gasteiger partial charge in [-0.1, -0.05) is 0 Å². The van der Waals surface area contributed by atoms with Crippen LogP contribution in [0.2, 0.25) is 0 Å². The summed E-state index contributed by atoms with van der Waals surface area (Å²) in [5.41, 5.74) is 2.77. The Morgan fingerprint density at radius 3 is 3.25 bits per heavy atom. The van der Waals surface area contributed by atoms with Gasteiger partial charge in [0.15, 0.2) is 11.3 Å². The number of carboxylic acid groups (broad SMARTS) is 1. The van der Waals surface area contributed by atoms with Gasteiger partial charge in [0.05, 0.1) is 5.69 Å². The van der Waals surface area contributed by atoms with Crippen LogP contribution < -0.4 is 5.32 Å². The average Bonchev–Trinajstić information content (AvgIpc) is 2.73. The van der Waals surface area contributed by atoms with Gasteiger partial charge in [-0.05, 0) is 0 Å². The van der Waals surface area contributed by atoms with Crippen molar-refractivity contribution in [2.45, 2.75) is 13.0 Å². The molecule has 2 N–H and O–H groups in total. The minimum absolute atomic E-state index is 0.0411. The van der Waals surface area contributed by atoms with Crippen molar-refractivity contribution < 1.29 is 9.90 Å². The molecule has 6 heteroatoms. The second-order valence-corrected chi connectivity index (χ2v) is 3.76. The van der Waals surface area contributed by atoms with Crippen LogP contribution in [0.3, 0.4) is 0 Å². The fraction of sp³-hybridized carbons (Fsp3) is 0.300. The minimum Gasteiger partial charge on any atom is -0.476 e. The fourth-order valence-corrected chi connectivity index (χ4v) is 1.96. The third-order valence-electron chi connectivity index (χ3n) is 2.74. The smallest absolute Gasteiger partial charge is 0.356 e. The van der Waals surface area contributed by atoms with Gasteiger partial charge in [0, 0.05) is 37.3 Å². The molecule has 0 aliphatic carbocycles. The Bertz CT molecular complexity index is 575. The topological polar surface area (TPSA) is 79.5 Å². The second kappa shape index (κ2) is 3.28. The van der Waals surface area contributed by atoms with Gasteiger partial charge in [0.2, 0.25) is 0 Å². The summed E-state index contributed by atoms with van der Waals surface area (Å²) in [4.78, 5) is 15.0. The number of aromatic carboxylic acids is 1. The maximum absolute atomic E-state index is 10.8. The van der Waals surface area contributed by atoms with Crippen LogP contribution >= 0.6 is 0 Å². The zero-order valence-electron chi connectivity index (χ0n) is 8.47. The third-order valence-corrected chi connectivity index (χ3v) is 2.74. The first kappa shape index (κ1) is 9.29. The van der Waals surface area contributed by atoms with Crippen molar-refractivity contribution in [3.63, 3.8) is 0 Å². The van der Waals surface area contributed by atoms with Crippen molar-refractivity contribution in [1.29, 1.82) is 0 Å². The molecule has 3 rings (SSSR count). The number of carboxylic acids is 1. The fourth-order valence-electron chi connectivity index (χ4n) is 1.96. The highest BCUT2D eigenvalue weighted by Gasteiger charge is 2.16. The Hall–Kier alpha value is -1.95. The lowest BCUT2D eigenvalue weighted by Gasteiger charge is -2.16. The summed E-state index contributed by atoms with van der Waals surface area (Å²) in [7, 11) is 0. The van der Waals surface area contributed by atoms with Gasteiger partial charge < -0.3 is 10.4 Å². The first-order valence-electron chi connectivity index (χ1n) is 5.06. The summed E-state index contributed by atoms with van der Waals surface area (Å²) in [5, 5.41) is 16.2. The normalized spacial score (nSPS) is 15.0. The summed E-state index contributed by atoms with van der Waals surface area (Å²) in [5.74, 6) is -1.02. The monoisotopic (exact) mass is 218 g/mol. The van der Waals surface area contributed by atoms with Gasteiger partial charge in [-0.25, -0.2) is 14.3 Å². The van der Waals surface area contributed by atoms with Crippen molar-refractivity contribution in [3.05, 3.63) is 29.2 Å². The molecule has 2 aromatic rings. The molecule has 0 atom stereocenters. The van der Waals surface area contributed by atoms with Crippen molar-refractivity contribution in [3.8, 4) is 0 Å². The van der Waals surface area contributed by atoms with E-state index in [1.807, 2.05) is 0 Å². The Morgan fingerprint density at radius 2 is 2.44 bits per heavy atom. The van der Waals surface area contributed by atoms with Crippen LogP contribution in [0.15, 0.2) is 12.3 Å². The van der Waals surface area contributed by atoms with Crippen LogP contribution in [0.1, 0.15) is 21.7 Å². The Balaban J connectivity index is 2.26. The van der Waals surface area contributed by atoms with E-state index >= 15 is 0 Å². The molecule has 6 nitrogen and oxygen atoms in total. The molecular weight excluding hydrogens is 208 g/mol. The second-order valence-electron chi connectivity index (χ2n) is 3.76. The van der Waals surface area contributed by atoms with Crippen LogP contribution in [0.25, 0.3) is 5.65 Å². The molecule has 16 heavy (non-hydrogen) atoms. The predicted molar refractivity (Wildman–Crippen MR) is 55.4 cm³/mol. The number of hydrogen-bond acceptors (Lipinski definition) is 4. The first-order chi connectivity index (χ1) is 7.75. The molecule has 0 spiro atoms. The highest BCUT2D eigenvalue weighted by molar-refractivity contribution is 5.86. The number of rotatable bonds is 1. The summed E-state index contributed by atoms with van der Waals surface area (Å²) < 4.78 is 1.64. The van der Waals surface area contributed by atoms with Crippen LogP contribution in [-0.2, 0) is 13.0 Å². The van der Waals surface area contributed by atoms with E-state index in [0.717, 1.165) is 30.8 Å². The summed E-state index contributed by atoms with van der Waals surface area (Å²) >= 11 is 0. The summed E-state index contributed by atoms with van der Waals surface area (Å²) in [6.07, 6.45) is 2.62. The Morgan fingerprint density at radius 1 is 1.56 bits per heavy atom. The van der Waals surface area contributed by atoms with Crippen molar-refractivity contribution in [2.75, 3.05) is 6.54 Å². The maximum Gasteiger partial charge on any atom is 0.356 e. The molecule has 0 radical (unpaired) electrons. The molecule has 0 bridgehead atoms. The molecule has 0 amide bonds. The molecule has 0 unspecified atom stereocenters. The average molecular weight is 218 g/mol. The van der Waals surface area contributed by atoms with Crippen LogP contribution in [0.5, 0.6) is 0 Å². The number of nitrogens with zero attached hydrogens (tertiary/aromatic N) is 3. The number of hydrogen-bond donors (Lipinski definition) is 2. The molecule has 0 aromatic carbocycles. The molecule has 0 saturated heterocycles. The van der Waals surface area contributed by atoms with E-state index in [0.29, 0.717) is 5.65 Å². The van der Waals surface area contributed by atoms with Gasteiger partial charge in [0.1, 0.15) is 0 Å². The highest BCUT2D eigenvalue weighted by Crippen LogP contribution is 2.15. The van der Waals surface area contributed by atoms with E-state index in [1.54, 1.807) is 10.7 Å². The zero-order chi connectivity index (χ0) is 11.1. The standard InChI is InChI=1S/C10H10N4O2/c15-10(16)7-3-9-12-5-6-4-11-2-1-8(6)14(9)13-7/h3,5,11H,1-2,4H2,(H,15,16). The lowest BCUT2D eigenvalue weighted by Crippen LogP contribution is -2.26. The Kier molecular flexibility index (Phi) is 1.90. The van der Waals surface area contributed by atoms with E-state index in [9.17, 15) is 4.79 Å². The van der Waals surface area contributed by atoms with Crippen molar-refractivity contribution >= 4 is 11.6 Å². The number of aromatic nitrogens is 3. The van der Waals surface area contributed by atoms with Crippen LogP contribution in [-0.4, -0.2) is 32.2 Å². The molecule has 0 saturated carbocycles. The lowest BCUT2D eigenvalue weighted by atomic mass is 10.1. The van der Waals surface area contributed by atoms with E-state index < -0.39 is 5.97 Å². The molecule has 82 valence electrons. The quantitative estimate of drug-likeness (QED) is 0.708. The van der Waals surface area contributed by atoms with Gasteiger partial charge in [-0.3, -0.25) is 0 Å². The molecule has 2 aromatic heterocycles. The number of fused-ring (bicyclic) bond motifs is 3. The number of carbonyl (C=O) groups is 1.